The summed E-state index contributed by atoms with van der Waals surface area (Å²) in [6.07, 6.45) is 2.79. The second-order valence-electron chi connectivity index (χ2n) is 7.94. The third-order valence-corrected chi connectivity index (χ3v) is 8.29. The van der Waals surface area contributed by atoms with E-state index >= 15 is 0 Å². The van der Waals surface area contributed by atoms with Gasteiger partial charge in [-0.3, -0.25) is 4.79 Å². The molecule has 0 aliphatic heterocycles. The van der Waals surface area contributed by atoms with Gasteiger partial charge in [0.15, 0.2) is 11.0 Å². The number of nitrogens with zero attached hydrogens (tertiary/aromatic N) is 3. The lowest BCUT2D eigenvalue weighted by atomic mass is 9.88. The Morgan fingerprint density at radius 3 is 2.76 bits per heavy atom. The highest BCUT2D eigenvalue weighted by atomic mass is 79.9. The molecule has 0 fully saturated rings. The van der Waals surface area contributed by atoms with Crippen LogP contribution in [-0.2, 0) is 28.9 Å². The van der Waals surface area contributed by atoms with Crippen LogP contribution in [0, 0.1) is 5.92 Å². The number of thioether (sulfide) groups is 1. The smallest absolute Gasteiger partial charge is 0.341 e. The predicted octanol–water partition coefficient (Wildman–Crippen LogP) is 5.43. The Balaban J connectivity index is 1.48. The zero-order valence-corrected chi connectivity index (χ0v) is 21.9. The van der Waals surface area contributed by atoms with E-state index in [0.29, 0.717) is 28.2 Å². The van der Waals surface area contributed by atoms with Gasteiger partial charge in [-0.25, -0.2) is 4.79 Å². The number of halogens is 1. The molecule has 0 spiro atoms. The molecule has 33 heavy (non-hydrogen) atoms. The van der Waals surface area contributed by atoms with E-state index in [-0.39, 0.29) is 11.7 Å². The van der Waals surface area contributed by atoms with Crippen LogP contribution in [0.2, 0.25) is 0 Å². The van der Waals surface area contributed by atoms with Crippen LogP contribution in [0.5, 0.6) is 0 Å². The number of anilines is 1. The summed E-state index contributed by atoms with van der Waals surface area (Å²) in [5.41, 5.74) is 2.50. The fourth-order valence-electron chi connectivity index (χ4n) is 3.94. The molecule has 7 nitrogen and oxygen atoms in total. The molecule has 4 rings (SSSR count). The first kappa shape index (κ1) is 24.0. The number of thiophene rings is 1. The second kappa shape index (κ2) is 10.4. The van der Waals surface area contributed by atoms with Crippen molar-refractivity contribution in [2.45, 2.75) is 44.8 Å². The number of hydrogen-bond donors (Lipinski definition) is 1. The number of rotatable bonds is 7. The van der Waals surface area contributed by atoms with Gasteiger partial charge in [0.1, 0.15) is 5.00 Å². The van der Waals surface area contributed by atoms with Crippen LogP contribution in [0.4, 0.5) is 5.00 Å². The van der Waals surface area contributed by atoms with Crippen LogP contribution in [-0.4, -0.2) is 39.5 Å². The molecule has 0 saturated carbocycles. The molecule has 2 heterocycles. The minimum atomic E-state index is -0.394. The van der Waals surface area contributed by atoms with E-state index in [1.165, 1.54) is 35.1 Å². The minimum Gasteiger partial charge on any atom is -0.465 e. The average Bonchev–Trinajstić information content (AvgIpc) is 3.37. The maximum Gasteiger partial charge on any atom is 0.341 e. The number of aromatic nitrogens is 3. The number of nitrogens with one attached hydrogen (secondary N) is 1. The number of fused-ring (bicyclic) bond motifs is 1. The number of hydrogen-bond acceptors (Lipinski definition) is 7. The van der Waals surface area contributed by atoms with Crippen molar-refractivity contribution in [1.29, 1.82) is 0 Å². The monoisotopic (exact) mass is 548 g/mol. The third-order valence-electron chi connectivity index (χ3n) is 5.62. The molecular formula is C23H25BrN4O3S2. The molecule has 1 atom stereocenters. The van der Waals surface area contributed by atoms with Crippen molar-refractivity contribution in [2.24, 2.45) is 5.92 Å². The molecule has 1 aliphatic carbocycles. The van der Waals surface area contributed by atoms with Crippen molar-refractivity contribution in [3.05, 3.63) is 44.7 Å². The Labute approximate surface area is 209 Å². The molecule has 0 bridgehead atoms. The highest BCUT2D eigenvalue weighted by Gasteiger charge is 2.29. The van der Waals surface area contributed by atoms with Crippen LogP contribution in [0.3, 0.4) is 0 Å². The standard InChI is InChI=1S/C23H25BrN4O3S2/c1-4-28-20(14-6-8-15(24)9-7-14)26-27-23(28)32-12-18(29)25-21-19(22(30)31-3)16-10-5-13(2)11-17(16)33-21/h6-9,13H,4-5,10-12H2,1-3H3,(H,25,29). The van der Waals surface area contributed by atoms with E-state index in [2.05, 4.69) is 38.4 Å². The zero-order valence-electron chi connectivity index (χ0n) is 18.7. The van der Waals surface area contributed by atoms with Gasteiger partial charge in [-0.1, -0.05) is 46.7 Å². The zero-order chi connectivity index (χ0) is 23.5. The number of amides is 1. The minimum absolute atomic E-state index is 0.165. The quantitative estimate of drug-likeness (QED) is 0.313. The number of carbonyl (C=O) groups is 2. The first-order valence-corrected chi connectivity index (χ1v) is 13.3. The number of methoxy groups -OCH3 is 1. The van der Waals surface area contributed by atoms with E-state index in [1.807, 2.05) is 35.8 Å². The maximum absolute atomic E-state index is 12.8. The summed E-state index contributed by atoms with van der Waals surface area (Å²) in [7, 11) is 1.37. The topological polar surface area (TPSA) is 86.1 Å². The second-order valence-corrected chi connectivity index (χ2v) is 10.9. The maximum atomic E-state index is 12.8. The van der Waals surface area contributed by atoms with Gasteiger partial charge in [-0.2, -0.15) is 0 Å². The van der Waals surface area contributed by atoms with E-state index in [4.69, 9.17) is 4.74 Å². The number of ether oxygens (including phenoxy) is 1. The van der Waals surface area contributed by atoms with Crippen molar-refractivity contribution in [1.82, 2.24) is 14.8 Å². The van der Waals surface area contributed by atoms with Gasteiger partial charge >= 0.3 is 5.97 Å². The first-order chi connectivity index (χ1) is 15.9. The van der Waals surface area contributed by atoms with Crippen LogP contribution in [0.25, 0.3) is 11.4 Å². The summed E-state index contributed by atoms with van der Waals surface area (Å²) >= 11 is 6.27. The summed E-state index contributed by atoms with van der Waals surface area (Å²) in [5.74, 6) is 0.919. The Bertz CT molecular complexity index is 1170. The summed E-state index contributed by atoms with van der Waals surface area (Å²) < 4.78 is 8.00. The molecule has 174 valence electrons. The van der Waals surface area contributed by atoms with Crippen LogP contribution < -0.4 is 5.32 Å². The molecular weight excluding hydrogens is 524 g/mol. The third kappa shape index (κ3) is 5.17. The lowest BCUT2D eigenvalue weighted by Gasteiger charge is -2.18. The molecule has 0 radical (unpaired) electrons. The normalized spacial score (nSPS) is 15.2. The van der Waals surface area contributed by atoms with Crippen molar-refractivity contribution in [3.63, 3.8) is 0 Å². The highest BCUT2D eigenvalue weighted by molar-refractivity contribution is 9.10. The summed E-state index contributed by atoms with van der Waals surface area (Å²) in [6.45, 7) is 4.92. The van der Waals surface area contributed by atoms with Gasteiger partial charge in [0.2, 0.25) is 5.91 Å². The number of benzene rings is 1. The Hall–Kier alpha value is -2.17. The summed E-state index contributed by atoms with van der Waals surface area (Å²) in [5, 5.41) is 12.8. The largest absolute Gasteiger partial charge is 0.465 e. The van der Waals surface area contributed by atoms with E-state index in [0.717, 1.165) is 40.7 Å². The van der Waals surface area contributed by atoms with E-state index in [9.17, 15) is 9.59 Å². The van der Waals surface area contributed by atoms with Gasteiger partial charge in [0.25, 0.3) is 0 Å². The molecule has 1 amide bonds. The van der Waals surface area contributed by atoms with Crippen molar-refractivity contribution in [2.75, 3.05) is 18.2 Å². The molecule has 1 aliphatic rings. The Morgan fingerprint density at radius 2 is 2.06 bits per heavy atom. The van der Waals surface area contributed by atoms with E-state index in [1.54, 1.807) is 0 Å². The highest BCUT2D eigenvalue weighted by Crippen LogP contribution is 2.40. The molecule has 0 saturated heterocycles. The first-order valence-electron chi connectivity index (χ1n) is 10.8. The predicted molar refractivity (Wildman–Crippen MR) is 135 cm³/mol. The van der Waals surface area contributed by atoms with Crippen LogP contribution >= 0.6 is 39.0 Å². The van der Waals surface area contributed by atoms with Crippen molar-refractivity contribution in [3.8, 4) is 11.4 Å². The van der Waals surface area contributed by atoms with Gasteiger partial charge in [-0.15, -0.1) is 21.5 Å². The molecule has 1 N–H and O–H groups in total. The van der Waals surface area contributed by atoms with Gasteiger partial charge < -0.3 is 14.6 Å². The number of esters is 1. The average molecular weight is 550 g/mol. The Kier molecular flexibility index (Phi) is 7.55. The summed E-state index contributed by atoms with van der Waals surface area (Å²) in [6, 6.07) is 7.89. The number of carbonyl (C=O) groups excluding carboxylic acids is 2. The summed E-state index contributed by atoms with van der Waals surface area (Å²) in [4.78, 5) is 26.4. The lowest BCUT2D eigenvalue weighted by Crippen LogP contribution is -2.17. The molecule has 3 aromatic rings. The fourth-order valence-corrected chi connectivity index (χ4v) is 6.42. The molecule has 1 aromatic carbocycles. The molecule has 1 unspecified atom stereocenters. The van der Waals surface area contributed by atoms with Gasteiger partial charge in [-0.05, 0) is 49.8 Å². The van der Waals surface area contributed by atoms with Crippen LogP contribution in [0.15, 0.2) is 33.9 Å². The SMILES string of the molecule is CCn1c(SCC(=O)Nc2sc3c(c2C(=O)OC)CCC(C)C3)nnc1-c1ccc(Br)cc1. The van der Waals surface area contributed by atoms with E-state index < -0.39 is 5.97 Å². The van der Waals surface area contributed by atoms with Gasteiger partial charge in [0.05, 0.1) is 18.4 Å². The fraction of sp³-hybridized carbons (Fsp3) is 0.391. The molecule has 2 aromatic heterocycles. The van der Waals surface area contributed by atoms with Crippen molar-refractivity contribution < 1.29 is 14.3 Å². The van der Waals surface area contributed by atoms with Crippen LogP contribution in [0.1, 0.15) is 41.1 Å². The van der Waals surface area contributed by atoms with Crippen molar-refractivity contribution >= 4 is 55.9 Å². The van der Waals surface area contributed by atoms with Gasteiger partial charge in [0, 0.05) is 21.5 Å². The molecule has 10 heteroatoms. The lowest BCUT2D eigenvalue weighted by molar-refractivity contribution is -0.113. The Morgan fingerprint density at radius 1 is 1.30 bits per heavy atom.